The summed E-state index contributed by atoms with van der Waals surface area (Å²) in [5, 5.41) is 4.77. The minimum Gasteiger partial charge on any atom is -0.204 e. The van der Waals surface area contributed by atoms with E-state index < -0.39 is 21.7 Å². The molecule has 1 aromatic heterocycles. The molecule has 5 nitrogen and oxygen atoms in total. The molecule has 1 N–H and O–H groups in total. The van der Waals surface area contributed by atoms with Crippen LogP contribution in [0.5, 0.6) is 0 Å². The van der Waals surface area contributed by atoms with Crippen LogP contribution in [0.4, 0.5) is 8.78 Å². The van der Waals surface area contributed by atoms with Crippen LogP contribution in [0.1, 0.15) is 0 Å². The largest absolute Gasteiger partial charge is 0.276 e. The zero-order valence-corrected chi connectivity index (χ0v) is 16.8. The lowest BCUT2D eigenvalue weighted by atomic mass is 10.1. The SMILES string of the molecule is O=S(=O)(Nn1nc(-c2ccc(F)c(F)c2)cc1-c1ccc(Cl)cc1)c1ccccc1. The van der Waals surface area contributed by atoms with Crippen LogP contribution in [0, 0.1) is 11.6 Å². The second kappa shape index (κ2) is 7.89. The molecule has 1 heterocycles. The highest BCUT2D eigenvalue weighted by Crippen LogP contribution is 2.28. The zero-order chi connectivity index (χ0) is 21.3. The molecule has 0 aliphatic rings. The van der Waals surface area contributed by atoms with Gasteiger partial charge < -0.3 is 0 Å². The smallest absolute Gasteiger partial charge is 0.204 e. The number of nitrogens with one attached hydrogen (secondary N) is 1. The van der Waals surface area contributed by atoms with E-state index in [4.69, 9.17) is 11.6 Å². The standard InChI is InChI=1S/C21H14ClF2N3O2S/c22-16-9-6-14(7-10-16)21-13-20(15-8-11-18(23)19(24)12-15)25-27(21)26-30(28,29)17-4-2-1-3-5-17/h1-13,26H. The van der Waals surface area contributed by atoms with Crippen molar-refractivity contribution in [2.75, 3.05) is 4.83 Å². The summed E-state index contributed by atoms with van der Waals surface area (Å²) in [6, 6.07) is 19.4. The third-order valence-corrected chi connectivity index (χ3v) is 5.88. The van der Waals surface area contributed by atoms with Crippen molar-refractivity contribution in [3.05, 3.63) is 95.5 Å². The molecule has 0 radical (unpaired) electrons. The molecule has 0 fully saturated rings. The second-order valence-corrected chi connectivity index (χ2v) is 8.47. The van der Waals surface area contributed by atoms with Crippen molar-refractivity contribution in [1.29, 1.82) is 0 Å². The molecule has 0 spiro atoms. The summed E-state index contributed by atoms with van der Waals surface area (Å²) in [6.07, 6.45) is 0. The normalized spacial score (nSPS) is 11.4. The summed E-state index contributed by atoms with van der Waals surface area (Å²) in [5.41, 5.74) is 1.57. The fourth-order valence-corrected chi connectivity index (χ4v) is 3.95. The van der Waals surface area contributed by atoms with Gasteiger partial charge in [0.25, 0.3) is 10.0 Å². The third-order valence-electron chi connectivity index (χ3n) is 4.32. The summed E-state index contributed by atoms with van der Waals surface area (Å²) < 4.78 is 52.6. The van der Waals surface area contributed by atoms with Crippen molar-refractivity contribution in [3.63, 3.8) is 0 Å². The van der Waals surface area contributed by atoms with Crippen molar-refractivity contribution in [2.45, 2.75) is 4.90 Å². The van der Waals surface area contributed by atoms with Gasteiger partial charge in [-0.1, -0.05) is 41.9 Å². The Kier molecular flexibility index (Phi) is 5.27. The van der Waals surface area contributed by atoms with Gasteiger partial charge in [-0.25, -0.2) is 8.78 Å². The maximum atomic E-state index is 13.7. The van der Waals surface area contributed by atoms with Crippen LogP contribution in [0.3, 0.4) is 0 Å². The summed E-state index contributed by atoms with van der Waals surface area (Å²) in [4.78, 5) is 3.55. The van der Waals surface area contributed by atoms with E-state index in [2.05, 4.69) is 9.93 Å². The number of halogens is 3. The van der Waals surface area contributed by atoms with Crippen molar-refractivity contribution in [2.24, 2.45) is 0 Å². The van der Waals surface area contributed by atoms with E-state index in [-0.39, 0.29) is 10.6 Å². The van der Waals surface area contributed by atoms with Crippen molar-refractivity contribution in [1.82, 2.24) is 9.89 Å². The molecule has 9 heteroatoms. The minimum atomic E-state index is -3.95. The lowest BCUT2D eigenvalue weighted by Crippen LogP contribution is -2.25. The van der Waals surface area contributed by atoms with Gasteiger partial charge in [-0.3, -0.25) is 0 Å². The topological polar surface area (TPSA) is 64.0 Å². The highest BCUT2D eigenvalue weighted by molar-refractivity contribution is 7.92. The molecule has 152 valence electrons. The van der Waals surface area contributed by atoms with Crippen LogP contribution in [-0.2, 0) is 10.0 Å². The Balaban J connectivity index is 1.82. The molecule has 0 aliphatic carbocycles. The van der Waals surface area contributed by atoms with Gasteiger partial charge in [0.2, 0.25) is 0 Å². The third kappa shape index (κ3) is 4.05. The average Bonchev–Trinajstić information content (AvgIpc) is 3.14. The molecule has 0 atom stereocenters. The Labute approximate surface area is 176 Å². The predicted octanol–water partition coefficient (Wildman–Crippen LogP) is 5.08. The molecule has 30 heavy (non-hydrogen) atoms. The summed E-state index contributed by atoms with van der Waals surface area (Å²) in [6.45, 7) is 0. The second-order valence-electron chi connectivity index (χ2n) is 6.37. The van der Waals surface area contributed by atoms with Crippen molar-refractivity contribution < 1.29 is 17.2 Å². The Morgan fingerprint density at radius 2 is 1.50 bits per heavy atom. The molecule has 0 aliphatic heterocycles. The van der Waals surface area contributed by atoms with Gasteiger partial charge in [0, 0.05) is 16.1 Å². The van der Waals surface area contributed by atoms with E-state index in [1.165, 1.54) is 18.2 Å². The molecule has 0 saturated carbocycles. The molecule has 0 unspecified atom stereocenters. The van der Waals surface area contributed by atoms with E-state index >= 15 is 0 Å². The van der Waals surface area contributed by atoms with Crippen molar-refractivity contribution in [3.8, 4) is 22.5 Å². The van der Waals surface area contributed by atoms with E-state index in [9.17, 15) is 17.2 Å². The van der Waals surface area contributed by atoms with E-state index in [0.717, 1.165) is 16.9 Å². The fraction of sp³-hybridized carbons (Fsp3) is 0. The number of benzene rings is 3. The van der Waals surface area contributed by atoms with Gasteiger partial charge >= 0.3 is 0 Å². The summed E-state index contributed by atoms with van der Waals surface area (Å²) in [5.74, 6) is -2.01. The number of rotatable bonds is 5. The minimum absolute atomic E-state index is 0.0527. The number of hydrogen-bond acceptors (Lipinski definition) is 3. The van der Waals surface area contributed by atoms with Gasteiger partial charge in [-0.15, -0.1) is 0 Å². The van der Waals surface area contributed by atoms with Gasteiger partial charge in [-0.2, -0.15) is 23.1 Å². The quantitative estimate of drug-likeness (QED) is 0.466. The van der Waals surface area contributed by atoms with Crippen LogP contribution in [0.2, 0.25) is 5.02 Å². The van der Waals surface area contributed by atoms with E-state index in [1.54, 1.807) is 48.5 Å². The predicted molar refractivity (Wildman–Crippen MR) is 111 cm³/mol. The molecule has 0 saturated heterocycles. The monoisotopic (exact) mass is 445 g/mol. The zero-order valence-electron chi connectivity index (χ0n) is 15.3. The Morgan fingerprint density at radius 3 is 2.17 bits per heavy atom. The van der Waals surface area contributed by atoms with Gasteiger partial charge in [0.1, 0.15) is 0 Å². The van der Waals surface area contributed by atoms with Crippen LogP contribution in [0.25, 0.3) is 22.5 Å². The number of sulfonamides is 1. The molecule has 0 bridgehead atoms. The van der Waals surface area contributed by atoms with Gasteiger partial charge in [0.05, 0.1) is 16.3 Å². The van der Waals surface area contributed by atoms with Crippen LogP contribution in [-0.4, -0.2) is 18.3 Å². The first kappa shape index (κ1) is 20.1. The van der Waals surface area contributed by atoms with Crippen LogP contribution >= 0.6 is 11.6 Å². The molecule has 0 amide bonds. The van der Waals surface area contributed by atoms with E-state index in [1.807, 2.05) is 0 Å². The summed E-state index contributed by atoms with van der Waals surface area (Å²) in [7, 11) is -3.95. The van der Waals surface area contributed by atoms with Gasteiger partial charge in [-0.05, 0) is 48.5 Å². The first-order valence-corrected chi connectivity index (χ1v) is 10.6. The Morgan fingerprint density at radius 1 is 0.833 bits per heavy atom. The van der Waals surface area contributed by atoms with Crippen LogP contribution < -0.4 is 4.83 Å². The number of hydrogen-bond donors (Lipinski definition) is 1. The average molecular weight is 446 g/mol. The lowest BCUT2D eigenvalue weighted by molar-refractivity contribution is 0.509. The first-order chi connectivity index (χ1) is 14.3. The van der Waals surface area contributed by atoms with E-state index in [0.29, 0.717) is 21.8 Å². The highest BCUT2D eigenvalue weighted by atomic mass is 35.5. The lowest BCUT2D eigenvalue weighted by Gasteiger charge is -2.11. The Bertz CT molecular complexity index is 1310. The molecule has 4 rings (SSSR count). The highest BCUT2D eigenvalue weighted by Gasteiger charge is 2.19. The van der Waals surface area contributed by atoms with Gasteiger partial charge in [0.15, 0.2) is 11.6 Å². The summed E-state index contributed by atoms with van der Waals surface area (Å²) >= 11 is 5.95. The number of aromatic nitrogens is 2. The molecular formula is C21H14ClF2N3O2S. The van der Waals surface area contributed by atoms with Crippen molar-refractivity contribution >= 4 is 21.6 Å². The first-order valence-electron chi connectivity index (χ1n) is 8.73. The number of nitrogens with zero attached hydrogens (tertiary/aromatic N) is 2. The maximum Gasteiger partial charge on any atom is 0.276 e. The fourth-order valence-electron chi connectivity index (χ4n) is 2.84. The molecule has 4 aromatic rings. The maximum absolute atomic E-state index is 13.7. The Hall–Kier alpha value is -3.23. The van der Waals surface area contributed by atoms with Crippen LogP contribution in [0.15, 0.2) is 83.8 Å². The molecular weight excluding hydrogens is 432 g/mol. The molecule has 3 aromatic carbocycles.